The van der Waals surface area contributed by atoms with Crippen LogP contribution in [0.1, 0.15) is 30.0 Å². The number of anilines is 1. The van der Waals surface area contributed by atoms with E-state index >= 15 is 0 Å². The molecule has 2 aliphatic rings. The number of nitrogens with zero attached hydrogens (tertiary/aromatic N) is 5. The van der Waals surface area contributed by atoms with E-state index in [4.69, 9.17) is 0 Å². The molecule has 7 nitrogen and oxygen atoms in total. The monoisotopic (exact) mass is 452 g/mol. The number of hydrogen-bond donors (Lipinski definition) is 1. The zero-order valence-electron chi connectivity index (χ0n) is 17.5. The molecule has 0 bridgehead atoms. The Balaban J connectivity index is 1.37. The van der Waals surface area contributed by atoms with Gasteiger partial charge in [-0.05, 0) is 61.1 Å². The van der Waals surface area contributed by atoms with E-state index in [1.54, 1.807) is 23.5 Å². The van der Waals surface area contributed by atoms with Crippen LogP contribution in [-0.2, 0) is 11.1 Å². The number of aromatic nitrogens is 5. The highest BCUT2D eigenvalue weighted by Gasteiger charge is 2.55. The van der Waals surface area contributed by atoms with Crippen molar-refractivity contribution in [2.45, 2.75) is 32.1 Å². The van der Waals surface area contributed by atoms with E-state index < -0.39 is 6.30 Å². The van der Waals surface area contributed by atoms with Gasteiger partial charge in [0.1, 0.15) is 0 Å². The van der Waals surface area contributed by atoms with Crippen LogP contribution in [0, 0.1) is 18.8 Å². The summed E-state index contributed by atoms with van der Waals surface area (Å²) in [5, 5.41) is 3.39. The van der Waals surface area contributed by atoms with Crippen molar-refractivity contribution in [3.63, 3.8) is 0 Å². The second kappa shape index (κ2) is 6.90. The van der Waals surface area contributed by atoms with Crippen molar-refractivity contribution >= 4 is 22.6 Å². The number of aromatic amines is 1. The minimum absolute atomic E-state index is 0.0338. The molecule has 0 spiro atoms. The molecule has 1 aliphatic heterocycles. The lowest BCUT2D eigenvalue weighted by Gasteiger charge is -2.48. The van der Waals surface area contributed by atoms with E-state index in [-0.39, 0.29) is 28.1 Å². The normalized spacial score (nSPS) is 21.0. The fourth-order valence-corrected chi connectivity index (χ4v) is 4.74. The maximum absolute atomic E-state index is 13.2. The van der Waals surface area contributed by atoms with Crippen LogP contribution in [0.5, 0.6) is 0 Å². The third kappa shape index (κ3) is 3.20. The number of nitrogens with one attached hydrogen (secondary N) is 1. The molecular formula is C23H19F3N6O. The molecular weight excluding hydrogens is 433 g/mol. The largest absolute Gasteiger partial charge is 0.504 e. The molecule has 1 saturated carbocycles. The lowest BCUT2D eigenvalue weighted by Crippen LogP contribution is -2.56. The molecule has 1 amide bonds. The molecule has 0 radical (unpaired) electrons. The van der Waals surface area contributed by atoms with Crippen LogP contribution in [0.3, 0.4) is 0 Å². The maximum Gasteiger partial charge on any atom is 0.504 e. The number of β-lactam (4-membered cyclic amide) rings is 1. The van der Waals surface area contributed by atoms with Crippen LogP contribution in [-0.4, -0.2) is 30.6 Å². The van der Waals surface area contributed by atoms with E-state index in [1.807, 2.05) is 25.1 Å². The van der Waals surface area contributed by atoms with Crippen LogP contribution in [0.15, 0.2) is 49.2 Å². The first-order chi connectivity index (χ1) is 15.8. The van der Waals surface area contributed by atoms with Gasteiger partial charge in [0.25, 0.3) is 0 Å². The first-order valence-electron chi connectivity index (χ1n) is 10.7. The molecule has 1 unspecified atom stereocenters. The molecule has 1 aliphatic carbocycles. The number of carbonyl (C=O) groups excluding carboxylic acids is 1. The van der Waals surface area contributed by atoms with Crippen molar-refractivity contribution in [3.8, 4) is 11.3 Å². The van der Waals surface area contributed by atoms with E-state index in [0.717, 1.165) is 53.1 Å². The van der Waals surface area contributed by atoms with Crippen LogP contribution < -0.4 is 4.90 Å². The third-order valence-corrected chi connectivity index (χ3v) is 6.56. The summed E-state index contributed by atoms with van der Waals surface area (Å²) in [4.78, 5) is 26.7. The second-order valence-corrected chi connectivity index (χ2v) is 8.69. The topological polar surface area (TPSA) is 79.7 Å². The Morgan fingerprint density at radius 1 is 1.12 bits per heavy atom. The number of H-pyrrole nitrogens is 1. The van der Waals surface area contributed by atoms with Crippen LogP contribution in [0.4, 0.5) is 18.9 Å². The number of benzene rings is 1. The molecule has 1 aromatic carbocycles. The van der Waals surface area contributed by atoms with Gasteiger partial charge in [0, 0.05) is 23.6 Å². The van der Waals surface area contributed by atoms with Gasteiger partial charge in [-0.25, -0.2) is 4.98 Å². The van der Waals surface area contributed by atoms with Gasteiger partial charge >= 0.3 is 6.30 Å². The second-order valence-electron chi connectivity index (χ2n) is 8.69. The molecule has 33 heavy (non-hydrogen) atoms. The summed E-state index contributed by atoms with van der Waals surface area (Å²) in [6.07, 6.45) is 2.85. The minimum Gasteiger partial charge on any atom is -0.345 e. The van der Waals surface area contributed by atoms with Gasteiger partial charge in [-0.15, -0.1) is 13.2 Å². The van der Waals surface area contributed by atoms with Crippen molar-refractivity contribution in [3.05, 3.63) is 60.3 Å². The molecule has 4 aromatic rings. The number of aryl methyl sites for hydroxylation is 1. The molecule has 10 heteroatoms. The SMILES string of the molecule is Cc1cc(-c2cnn(C(F)(F)F)c2)ncc1[C@H]1C(C2CC2)C(=O)N1c1ccc2[nH]cnc2c1. The van der Waals surface area contributed by atoms with E-state index in [9.17, 15) is 18.0 Å². The Morgan fingerprint density at radius 3 is 2.64 bits per heavy atom. The lowest BCUT2D eigenvalue weighted by atomic mass is 9.77. The summed E-state index contributed by atoms with van der Waals surface area (Å²) in [5.74, 6) is 0.337. The molecule has 1 N–H and O–H groups in total. The smallest absolute Gasteiger partial charge is 0.345 e. The van der Waals surface area contributed by atoms with Gasteiger partial charge in [-0.3, -0.25) is 9.78 Å². The van der Waals surface area contributed by atoms with Gasteiger partial charge in [-0.1, -0.05) is 0 Å². The first kappa shape index (κ1) is 20.0. The van der Waals surface area contributed by atoms with Crippen LogP contribution >= 0.6 is 0 Å². The number of fused-ring (bicyclic) bond motifs is 1. The highest BCUT2D eigenvalue weighted by atomic mass is 19.4. The average molecular weight is 452 g/mol. The Labute approximate surface area is 186 Å². The number of carbonyl (C=O) groups is 1. The average Bonchev–Trinajstić information content (AvgIpc) is 3.25. The molecule has 3 aromatic heterocycles. The fourth-order valence-electron chi connectivity index (χ4n) is 4.74. The summed E-state index contributed by atoms with van der Waals surface area (Å²) in [5.41, 5.74) is 4.91. The van der Waals surface area contributed by atoms with Crippen molar-refractivity contribution in [2.24, 2.45) is 11.8 Å². The summed E-state index contributed by atoms with van der Waals surface area (Å²) in [6, 6.07) is 7.29. The Bertz CT molecular complexity index is 1390. The number of alkyl halides is 3. The van der Waals surface area contributed by atoms with Crippen molar-refractivity contribution < 1.29 is 18.0 Å². The molecule has 2 atom stereocenters. The van der Waals surface area contributed by atoms with Gasteiger partial charge in [0.05, 0.1) is 41.2 Å². The van der Waals surface area contributed by atoms with Crippen molar-refractivity contribution in [1.29, 1.82) is 0 Å². The third-order valence-electron chi connectivity index (χ3n) is 6.56. The number of rotatable bonds is 4. The zero-order chi connectivity index (χ0) is 22.9. The van der Waals surface area contributed by atoms with E-state index in [2.05, 4.69) is 20.1 Å². The van der Waals surface area contributed by atoms with E-state index in [1.165, 1.54) is 0 Å². The minimum atomic E-state index is -4.58. The van der Waals surface area contributed by atoms with Gasteiger partial charge < -0.3 is 9.88 Å². The quantitative estimate of drug-likeness (QED) is 0.455. The predicted octanol–water partition coefficient (Wildman–Crippen LogP) is 4.72. The summed E-state index contributed by atoms with van der Waals surface area (Å²) in [6.45, 7) is 1.90. The number of halogens is 3. The molecule has 1 saturated heterocycles. The lowest BCUT2D eigenvalue weighted by molar-refractivity contribution is -0.212. The van der Waals surface area contributed by atoms with Crippen LogP contribution in [0.25, 0.3) is 22.3 Å². The number of imidazole rings is 1. The Hall–Kier alpha value is -3.69. The molecule has 2 fully saturated rings. The van der Waals surface area contributed by atoms with Crippen molar-refractivity contribution in [2.75, 3.05) is 4.90 Å². The molecule has 4 heterocycles. The van der Waals surface area contributed by atoms with E-state index in [0.29, 0.717) is 11.6 Å². The molecule has 168 valence electrons. The first-order valence-corrected chi connectivity index (χ1v) is 10.7. The summed E-state index contributed by atoms with van der Waals surface area (Å²) in [7, 11) is 0. The highest BCUT2D eigenvalue weighted by Crippen LogP contribution is 2.54. The summed E-state index contributed by atoms with van der Waals surface area (Å²) >= 11 is 0. The molecule has 6 rings (SSSR count). The maximum atomic E-state index is 13.2. The van der Waals surface area contributed by atoms with Gasteiger partial charge in [-0.2, -0.15) is 9.78 Å². The van der Waals surface area contributed by atoms with Gasteiger partial charge in [0.15, 0.2) is 0 Å². The highest BCUT2D eigenvalue weighted by molar-refractivity contribution is 6.04. The van der Waals surface area contributed by atoms with Gasteiger partial charge in [0.2, 0.25) is 5.91 Å². The summed E-state index contributed by atoms with van der Waals surface area (Å²) < 4.78 is 38.7. The number of amides is 1. The standard InChI is InChI=1S/C23H19F3N6O/c1-12-6-18(14-8-30-31(10-14)23(24,25)26)27-9-16(12)21-20(13-2-3-13)22(33)32(21)15-4-5-17-19(7-15)29-11-28-17/h4-11,13,20-21H,2-3H2,1H3,(H,28,29)/t20?,21-/m0/s1. The van der Waals surface area contributed by atoms with Crippen molar-refractivity contribution in [1.82, 2.24) is 24.7 Å². The van der Waals surface area contributed by atoms with Crippen LogP contribution in [0.2, 0.25) is 0 Å². The number of pyridine rings is 1. The Morgan fingerprint density at radius 2 is 1.94 bits per heavy atom. The fraction of sp³-hybridized carbons (Fsp3) is 0.304. The number of hydrogen-bond acceptors (Lipinski definition) is 4. The predicted molar refractivity (Wildman–Crippen MR) is 114 cm³/mol. The zero-order valence-corrected chi connectivity index (χ0v) is 17.5. The Kier molecular flexibility index (Phi) is 4.17.